The van der Waals surface area contributed by atoms with Gasteiger partial charge in [-0.2, -0.15) is 0 Å². The fourth-order valence-electron chi connectivity index (χ4n) is 1.81. The second-order valence-corrected chi connectivity index (χ2v) is 24.0. The number of aromatic hydroxyl groups is 3. The van der Waals surface area contributed by atoms with Gasteiger partial charge in [0.15, 0.2) is 0 Å². The molecule has 3 rings (SSSR count). The molecule has 0 unspecified atom stereocenters. The molecule has 180 valence electrons. The molecule has 0 aromatic heterocycles. The number of phenols is 3. The Labute approximate surface area is 216 Å². The van der Waals surface area contributed by atoms with Gasteiger partial charge in [-0.3, -0.25) is 0 Å². The van der Waals surface area contributed by atoms with Crippen LogP contribution in [0.5, 0.6) is 17.2 Å². The quantitative estimate of drug-likeness (QED) is 0.218. The van der Waals surface area contributed by atoms with E-state index in [2.05, 4.69) is 0 Å². The van der Waals surface area contributed by atoms with E-state index in [-0.39, 0.29) is 39.8 Å². The van der Waals surface area contributed by atoms with Crippen molar-refractivity contribution in [2.45, 2.75) is 9.79 Å². The van der Waals surface area contributed by atoms with Crippen molar-refractivity contribution in [3.05, 3.63) is 78.9 Å². The van der Waals surface area contributed by atoms with Crippen molar-refractivity contribution in [2.24, 2.45) is 0 Å². The van der Waals surface area contributed by atoms with Crippen molar-refractivity contribution in [1.29, 1.82) is 0 Å². The summed E-state index contributed by atoms with van der Waals surface area (Å²) in [6, 6.07) is 19.3. The Morgan fingerprint density at radius 2 is 0.812 bits per heavy atom. The molecule has 3 aromatic rings. The summed E-state index contributed by atoms with van der Waals surface area (Å²) in [5.41, 5.74) is 0. The van der Waals surface area contributed by atoms with Gasteiger partial charge in [-0.1, -0.05) is 18.2 Å². The van der Waals surface area contributed by atoms with Gasteiger partial charge in [0.1, 0.15) is 17.2 Å². The Bertz CT molecular complexity index is 977. The van der Waals surface area contributed by atoms with E-state index in [0.29, 0.717) is 5.75 Å². The van der Waals surface area contributed by atoms with E-state index in [1.54, 1.807) is 24.3 Å². The van der Waals surface area contributed by atoms with Crippen LogP contribution in [0.25, 0.3) is 0 Å². The van der Waals surface area contributed by atoms with Gasteiger partial charge in [0.25, 0.3) is 0 Å². The molecule has 0 heterocycles. The van der Waals surface area contributed by atoms with Crippen molar-refractivity contribution in [3.63, 3.8) is 0 Å². The zero-order valence-electron chi connectivity index (χ0n) is 16.0. The van der Waals surface area contributed by atoms with Crippen LogP contribution < -0.4 is 6.15 Å². The Hall–Kier alpha value is -0.860. The Balaban J connectivity index is 0. The van der Waals surface area contributed by atoms with Gasteiger partial charge in [-0.25, -0.2) is 8.42 Å². The number of para-hydroxylation sites is 1. The number of benzene rings is 3. The fourth-order valence-corrected chi connectivity index (χ4v) is 3.08. The molecule has 14 heteroatoms. The molecule has 6 N–H and O–H groups in total. The van der Waals surface area contributed by atoms with E-state index >= 15 is 0 Å². The van der Waals surface area contributed by atoms with Crippen molar-refractivity contribution >= 4 is 81.8 Å². The van der Waals surface area contributed by atoms with Gasteiger partial charge in [-0.05, 0) is 60.7 Å². The van der Waals surface area contributed by atoms with Crippen LogP contribution >= 0.6 is 72.0 Å². The van der Waals surface area contributed by atoms with Crippen LogP contribution in [-0.2, 0) is 9.84 Å². The zero-order chi connectivity index (χ0) is 23.0. The molecule has 0 aliphatic carbocycles. The van der Waals surface area contributed by atoms with Gasteiger partial charge in [0.2, 0.25) is 9.84 Å². The first-order valence-electron chi connectivity index (χ1n) is 7.81. The van der Waals surface area contributed by atoms with Gasteiger partial charge in [-0.15, -0.1) is 12.4 Å². The molecule has 0 spiro atoms. The molecule has 0 aliphatic rings. The minimum atomic E-state index is -3.69. The number of hydrogen-bond donors (Lipinski definition) is 4. The molecular formula is C18H20Cl6NO5PS. The molecular weight excluding hydrogens is 586 g/mol. The van der Waals surface area contributed by atoms with Crippen molar-refractivity contribution in [1.82, 2.24) is 6.15 Å². The summed E-state index contributed by atoms with van der Waals surface area (Å²) >= 11 is 24.9. The van der Waals surface area contributed by atoms with Crippen LogP contribution in [0.1, 0.15) is 0 Å². The SMILES string of the molecule is Cl.ClP(Cl)(Cl)(Cl)Cl.N.O=S(=O)(c1ccc(O)cc1)c1ccc(O)cc1.Oc1ccccc1. The predicted octanol–water partition coefficient (Wildman–Crippen LogP) is 8.22. The summed E-state index contributed by atoms with van der Waals surface area (Å²) in [5, 5.41) is 26.8. The summed E-state index contributed by atoms with van der Waals surface area (Å²) in [6.45, 7) is 0. The molecule has 32 heavy (non-hydrogen) atoms. The molecule has 3 aromatic carbocycles. The maximum absolute atomic E-state index is 12.1. The largest absolute Gasteiger partial charge is 0.508 e. The molecule has 0 radical (unpaired) electrons. The molecule has 0 saturated carbocycles. The second-order valence-electron chi connectivity index (χ2n) is 5.47. The Kier molecular flexibility index (Phi) is 14.3. The summed E-state index contributed by atoms with van der Waals surface area (Å²) in [4.78, 5) is 0.196. The monoisotopic (exact) mass is 603 g/mol. The first-order chi connectivity index (χ1) is 13.6. The van der Waals surface area contributed by atoms with E-state index in [4.69, 9.17) is 71.5 Å². The smallest absolute Gasteiger partial charge is 0.206 e. The van der Waals surface area contributed by atoms with E-state index in [1.165, 1.54) is 48.5 Å². The first kappa shape index (κ1) is 33.3. The van der Waals surface area contributed by atoms with Crippen LogP contribution in [0.15, 0.2) is 88.7 Å². The normalized spacial score (nSPS) is 11.5. The third-order valence-electron chi connectivity index (χ3n) is 3.05. The van der Waals surface area contributed by atoms with Gasteiger partial charge < -0.3 is 21.5 Å². The summed E-state index contributed by atoms with van der Waals surface area (Å²) in [6.07, 6.45) is 0. The van der Waals surface area contributed by atoms with Gasteiger partial charge >= 0.3 is 59.6 Å². The molecule has 0 amide bonds. The van der Waals surface area contributed by atoms with Crippen LogP contribution in [0, 0.1) is 0 Å². The van der Waals surface area contributed by atoms with Crippen LogP contribution in [0.3, 0.4) is 0 Å². The molecule has 0 aliphatic heterocycles. The Morgan fingerprint density at radius 1 is 0.562 bits per heavy atom. The number of rotatable bonds is 2. The molecule has 6 nitrogen and oxygen atoms in total. The van der Waals surface area contributed by atoms with E-state index < -0.39 is 13.2 Å². The maximum Gasteiger partial charge on any atom is 0.206 e. The van der Waals surface area contributed by atoms with E-state index in [0.717, 1.165) is 0 Å². The predicted molar refractivity (Wildman–Crippen MR) is 138 cm³/mol. The average molecular weight is 606 g/mol. The maximum atomic E-state index is 12.1. The molecule has 0 saturated heterocycles. The number of hydrogen-bond acceptors (Lipinski definition) is 6. The summed E-state index contributed by atoms with van der Waals surface area (Å²) < 4.78 is 20.5. The van der Waals surface area contributed by atoms with E-state index in [9.17, 15) is 8.42 Å². The average Bonchev–Trinajstić information content (AvgIpc) is 2.62. The number of sulfone groups is 1. The summed E-state index contributed by atoms with van der Waals surface area (Å²) in [5.74, 6) is 0.340. The molecule has 0 fully saturated rings. The first-order valence-corrected chi connectivity index (χ1v) is 16.1. The van der Waals surface area contributed by atoms with Gasteiger partial charge in [0, 0.05) is 0 Å². The summed E-state index contributed by atoms with van der Waals surface area (Å²) in [7, 11) is -3.59. The third kappa shape index (κ3) is 15.1. The molecule has 0 bridgehead atoms. The Morgan fingerprint density at radius 3 is 1.03 bits per heavy atom. The zero-order valence-corrected chi connectivity index (χ0v) is 22.3. The standard InChI is InChI=1S/C12H10O4S.C6H6O.Cl5P.ClH.H3N/c13-9-1-5-11(6-2-9)17(15,16)12-7-3-10(14)4-8-12;7-6-4-2-1-3-5-6;1-6(2,3,4)5;;/h1-8,13-14H;1-5,7H;;1H;1H3. The van der Waals surface area contributed by atoms with Crippen LogP contribution in [0.2, 0.25) is 0 Å². The second kappa shape index (κ2) is 13.8. The van der Waals surface area contributed by atoms with Crippen molar-refractivity contribution in [3.8, 4) is 17.2 Å². The molecule has 0 atom stereocenters. The van der Waals surface area contributed by atoms with Gasteiger partial charge in [0.05, 0.1) is 9.79 Å². The van der Waals surface area contributed by atoms with Crippen molar-refractivity contribution in [2.75, 3.05) is 0 Å². The fraction of sp³-hybridized carbons (Fsp3) is 0. The van der Waals surface area contributed by atoms with Crippen LogP contribution in [-0.4, -0.2) is 23.7 Å². The number of halogens is 6. The third-order valence-corrected chi connectivity index (χ3v) is 4.84. The number of phenolic OH excluding ortho intramolecular Hbond substituents is 3. The van der Waals surface area contributed by atoms with Crippen molar-refractivity contribution < 1.29 is 23.7 Å². The van der Waals surface area contributed by atoms with E-state index in [1.807, 2.05) is 6.07 Å². The minimum Gasteiger partial charge on any atom is -0.508 e. The topological polar surface area (TPSA) is 130 Å². The van der Waals surface area contributed by atoms with Crippen LogP contribution in [0.4, 0.5) is 0 Å². The minimum absolute atomic E-state index is 0.